The lowest BCUT2D eigenvalue weighted by Crippen LogP contribution is -2.19. The van der Waals surface area contributed by atoms with Crippen molar-refractivity contribution in [1.82, 2.24) is 0 Å². The van der Waals surface area contributed by atoms with Gasteiger partial charge in [0.1, 0.15) is 5.76 Å². The van der Waals surface area contributed by atoms with Crippen molar-refractivity contribution in [1.29, 1.82) is 0 Å². The van der Waals surface area contributed by atoms with E-state index in [1.54, 1.807) is 0 Å². The molecule has 0 N–H and O–H groups in total. The Morgan fingerprint density at radius 3 is 1.87 bits per heavy atom. The van der Waals surface area contributed by atoms with Crippen LogP contribution < -0.4 is 4.90 Å². The average Bonchev–Trinajstić information content (AvgIpc) is 3.09. The van der Waals surface area contributed by atoms with Gasteiger partial charge < -0.3 is 9.64 Å². The van der Waals surface area contributed by atoms with E-state index in [2.05, 4.69) is 47.5 Å². The van der Waals surface area contributed by atoms with E-state index in [1.807, 2.05) is 54.6 Å². The van der Waals surface area contributed by atoms with Gasteiger partial charge in [-0.1, -0.05) is 78.9 Å². The van der Waals surface area contributed by atoms with Gasteiger partial charge in [0.05, 0.1) is 6.20 Å². The van der Waals surface area contributed by atoms with Crippen LogP contribution >= 0.6 is 0 Å². The molecule has 3 aromatic rings. The molecule has 1 aliphatic heterocycles. The molecule has 0 aliphatic carbocycles. The van der Waals surface area contributed by atoms with Crippen molar-refractivity contribution < 1.29 is 4.74 Å². The van der Waals surface area contributed by atoms with Crippen LogP contribution in [0, 0.1) is 0 Å². The summed E-state index contributed by atoms with van der Waals surface area (Å²) in [5.74, 6) is 0.892. The molecule has 0 saturated heterocycles. The molecular formula is C21H17NO. The van der Waals surface area contributed by atoms with Crippen molar-refractivity contribution in [3.05, 3.63) is 108 Å². The highest BCUT2D eigenvalue weighted by molar-refractivity contribution is 5.68. The molecule has 23 heavy (non-hydrogen) atoms. The highest BCUT2D eigenvalue weighted by Gasteiger charge is 2.29. The molecule has 1 heterocycles. The molecule has 0 bridgehead atoms. The smallest absolute Gasteiger partial charge is 0.202 e. The predicted octanol–water partition coefficient (Wildman–Crippen LogP) is 5.22. The quantitative estimate of drug-likeness (QED) is 0.657. The topological polar surface area (TPSA) is 12.5 Å². The lowest BCUT2D eigenvalue weighted by molar-refractivity contribution is 0.196. The fourth-order valence-corrected chi connectivity index (χ4v) is 2.80. The maximum atomic E-state index is 6.29. The molecule has 0 saturated carbocycles. The van der Waals surface area contributed by atoms with Gasteiger partial charge in [0.25, 0.3) is 0 Å². The second kappa shape index (κ2) is 6.01. The Kier molecular flexibility index (Phi) is 3.57. The number of hydrogen-bond donors (Lipinski definition) is 0. The number of para-hydroxylation sites is 1. The van der Waals surface area contributed by atoms with E-state index < -0.39 is 0 Å². The minimum atomic E-state index is -0.145. The normalized spacial score (nSPS) is 16.8. The number of ether oxygens (including phenoxy) is 1. The van der Waals surface area contributed by atoms with E-state index in [0.29, 0.717) is 0 Å². The molecule has 0 amide bonds. The minimum absolute atomic E-state index is 0.145. The monoisotopic (exact) mass is 299 g/mol. The van der Waals surface area contributed by atoms with Gasteiger partial charge >= 0.3 is 0 Å². The first-order valence-electron chi connectivity index (χ1n) is 7.74. The van der Waals surface area contributed by atoms with Crippen LogP contribution in [-0.2, 0) is 4.74 Å². The van der Waals surface area contributed by atoms with E-state index in [1.165, 1.54) is 0 Å². The van der Waals surface area contributed by atoms with E-state index in [-0.39, 0.29) is 6.23 Å². The Bertz CT molecular complexity index is 797. The number of anilines is 1. The van der Waals surface area contributed by atoms with Crippen LogP contribution in [0.25, 0.3) is 5.76 Å². The van der Waals surface area contributed by atoms with Gasteiger partial charge in [-0.05, 0) is 12.1 Å². The largest absolute Gasteiger partial charge is 0.464 e. The summed E-state index contributed by atoms with van der Waals surface area (Å²) in [6, 6.07) is 30.9. The maximum Gasteiger partial charge on any atom is 0.202 e. The minimum Gasteiger partial charge on any atom is -0.464 e. The summed E-state index contributed by atoms with van der Waals surface area (Å²) < 4.78 is 6.29. The molecule has 0 radical (unpaired) electrons. The van der Waals surface area contributed by atoms with Gasteiger partial charge in [0.2, 0.25) is 6.23 Å². The third kappa shape index (κ3) is 2.71. The second-order valence-electron chi connectivity index (χ2n) is 5.48. The average molecular weight is 299 g/mol. The van der Waals surface area contributed by atoms with Crippen LogP contribution in [0.15, 0.2) is 97.2 Å². The van der Waals surface area contributed by atoms with Crippen molar-refractivity contribution in [3.63, 3.8) is 0 Å². The number of rotatable bonds is 3. The second-order valence-corrected chi connectivity index (χ2v) is 5.48. The fourth-order valence-electron chi connectivity index (χ4n) is 2.80. The molecule has 0 aromatic heterocycles. The van der Waals surface area contributed by atoms with Crippen molar-refractivity contribution in [2.75, 3.05) is 4.90 Å². The summed E-state index contributed by atoms with van der Waals surface area (Å²) in [7, 11) is 0. The molecule has 0 spiro atoms. The number of benzene rings is 3. The molecule has 1 atom stereocenters. The Hall–Kier alpha value is -3.00. The van der Waals surface area contributed by atoms with Crippen molar-refractivity contribution in [2.45, 2.75) is 6.23 Å². The van der Waals surface area contributed by atoms with Crippen LogP contribution in [0.2, 0.25) is 0 Å². The summed E-state index contributed by atoms with van der Waals surface area (Å²) in [5, 5.41) is 0. The van der Waals surface area contributed by atoms with E-state index in [4.69, 9.17) is 4.74 Å². The first kappa shape index (κ1) is 13.6. The molecule has 0 fully saturated rings. The highest BCUT2D eigenvalue weighted by Crippen LogP contribution is 2.39. The summed E-state index contributed by atoms with van der Waals surface area (Å²) in [6.07, 6.45) is 1.94. The van der Waals surface area contributed by atoms with Crippen molar-refractivity contribution in [3.8, 4) is 0 Å². The third-order valence-corrected chi connectivity index (χ3v) is 3.94. The molecule has 3 aromatic carbocycles. The first-order valence-corrected chi connectivity index (χ1v) is 7.74. The zero-order valence-electron chi connectivity index (χ0n) is 12.7. The molecule has 2 nitrogen and oxygen atoms in total. The van der Waals surface area contributed by atoms with E-state index in [9.17, 15) is 0 Å². The van der Waals surface area contributed by atoms with Gasteiger partial charge in [-0.3, -0.25) is 0 Å². The van der Waals surface area contributed by atoms with Crippen LogP contribution in [-0.4, -0.2) is 0 Å². The van der Waals surface area contributed by atoms with Gasteiger partial charge in [-0.2, -0.15) is 0 Å². The summed E-state index contributed by atoms with van der Waals surface area (Å²) in [5.41, 5.74) is 3.35. The van der Waals surface area contributed by atoms with Gasteiger partial charge in [0.15, 0.2) is 0 Å². The zero-order valence-corrected chi connectivity index (χ0v) is 12.7. The molecule has 4 rings (SSSR count). The lowest BCUT2D eigenvalue weighted by atomic mass is 10.1. The zero-order chi connectivity index (χ0) is 15.5. The predicted molar refractivity (Wildman–Crippen MR) is 93.6 cm³/mol. The molecule has 1 aliphatic rings. The van der Waals surface area contributed by atoms with Crippen LogP contribution in [0.5, 0.6) is 0 Å². The maximum absolute atomic E-state index is 6.29. The molecular weight excluding hydrogens is 282 g/mol. The number of hydrogen-bond acceptors (Lipinski definition) is 2. The lowest BCUT2D eigenvalue weighted by Gasteiger charge is -2.24. The van der Waals surface area contributed by atoms with Crippen molar-refractivity contribution >= 4 is 11.4 Å². The SMILES string of the molecule is C1=C(c2ccccc2)OC(c2ccccc2)N1c1ccccc1. The Morgan fingerprint density at radius 2 is 1.22 bits per heavy atom. The van der Waals surface area contributed by atoms with E-state index in [0.717, 1.165) is 22.6 Å². The van der Waals surface area contributed by atoms with E-state index >= 15 is 0 Å². The van der Waals surface area contributed by atoms with Crippen molar-refractivity contribution in [2.24, 2.45) is 0 Å². The summed E-state index contributed by atoms with van der Waals surface area (Å²) in [4.78, 5) is 2.18. The first-order chi connectivity index (χ1) is 11.4. The molecule has 112 valence electrons. The third-order valence-electron chi connectivity index (χ3n) is 3.94. The van der Waals surface area contributed by atoms with Gasteiger partial charge in [0, 0.05) is 16.8 Å². The summed E-state index contributed by atoms with van der Waals surface area (Å²) >= 11 is 0. The summed E-state index contributed by atoms with van der Waals surface area (Å²) in [6.45, 7) is 0. The van der Waals surface area contributed by atoms with Crippen LogP contribution in [0.1, 0.15) is 17.4 Å². The number of nitrogens with zero attached hydrogens (tertiary/aromatic N) is 1. The van der Waals surface area contributed by atoms with Crippen LogP contribution in [0.4, 0.5) is 5.69 Å². The Labute approximate surface area is 136 Å². The Balaban J connectivity index is 1.75. The Morgan fingerprint density at radius 1 is 0.652 bits per heavy atom. The molecule has 2 heteroatoms. The van der Waals surface area contributed by atoms with Gasteiger partial charge in [-0.15, -0.1) is 0 Å². The highest BCUT2D eigenvalue weighted by atomic mass is 16.5. The fraction of sp³-hybridized carbons (Fsp3) is 0.0476. The van der Waals surface area contributed by atoms with Gasteiger partial charge in [-0.25, -0.2) is 0 Å². The van der Waals surface area contributed by atoms with Crippen LogP contribution in [0.3, 0.4) is 0 Å². The molecule has 1 unspecified atom stereocenters. The standard InChI is InChI=1S/C21H17NO/c1-4-10-17(11-5-1)20-16-22(19-14-8-3-9-15-19)21(23-20)18-12-6-2-7-13-18/h1-16,21H.